The molecule has 0 radical (unpaired) electrons. The van der Waals surface area contributed by atoms with Crippen LogP contribution in [-0.4, -0.2) is 30.3 Å². The summed E-state index contributed by atoms with van der Waals surface area (Å²) in [5.41, 5.74) is 0.492. The van der Waals surface area contributed by atoms with Gasteiger partial charge in [-0.25, -0.2) is 0 Å². The average Bonchev–Trinajstić information content (AvgIpc) is 2.63. The van der Waals surface area contributed by atoms with Gasteiger partial charge in [-0.2, -0.15) is 12.6 Å². The van der Waals surface area contributed by atoms with Gasteiger partial charge in [0.05, 0.1) is 0 Å². The van der Waals surface area contributed by atoms with Crippen LogP contribution in [0, 0.1) is 17.3 Å². The molecular formula is C14H29NS. The summed E-state index contributed by atoms with van der Waals surface area (Å²) in [5.74, 6) is 2.77. The summed E-state index contributed by atoms with van der Waals surface area (Å²) in [6.45, 7) is 13.4. The molecule has 0 amide bonds. The first-order chi connectivity index (χ1) is 7.43. The maximum Gasteiger partial charge on any atom is 0.00151 e. The second kappa shape index (κ2) is 6.30. The van der Waals surface area contributed by atoms with Crippen molar-refractivity contribution in [3.63, 3.8) is 0 Å². The minimum atomic E-state index is 0.492. The Labute approximate surface area is 107 Å². The molecule has 1 nitrogen and oxygen atoms in total. The zero-order valence-electron chi connectivity index (χ0n) is 11.5. The van der Waals surface area contributed by atoms with E-state index in [-0.39, 0.29) is 0 Å². The highest BCUT2D eigenvalue weighted by molar-refractivity contribution is 7.80. The highest BCUT2D eigenvalue weighted by Crippen LogP contribution is 2.33. The molecule has 1 rings (SSSR count). The van der Waals surface area contributed by atoms with Gasteiger partial charge in [0, 0.05) is 6.54 Å². The van der Waals surface area contributed by atoms with Gasteiger partial charge in [-0.1, -0.05) is 27.7 Å². The van der Waals surface area contributed by atoms with Gasteiger partial charge in [-0.15, -0.1) is 0 Å². The number of nitrogens with zero attached hydrogens (tertiary/aromatic N) is 1. The van der Waals surface area contributed by atoms with Crippen LogP contribution in [0.1, 0.15) is 47.0 Å². The molecule has 2 atom stereocenters. The number of rotatable bonds is 5. The van der Waals surface area contributed by atoms with Crippen LogP contribution in [0.4, 0.5) is 0 Å². The van der Waals surface area contributed by atoms with Crippen LogP contribution in [0.25, 0.3) is 0 Å². The minimum Gasteiger partial charge on any atom is -0.303 e. The third-order valence-corrected chi connectivity index (χ3v) is 4.32. The molecule has 1 heterocycles. The molecule has 2 heteroatoms. The van der Waals surface area contributed by atoms with E-state index in [4.69, 9.17) is 0 Å². The van der Waals surface area contributed by atoms with Gasteiger partial charge in [-0.05, 0) is 55.4 Å². The van der Waals surface area contributed by atoms with E-state index in [1.54, 1.807) is 0 Å². The minimum absolute atomic E-state index is 0.492. The van der Waals surface area contributed by atoms with Crippen molar-refractivity contribution in [2.45, 2.75) is 47.0 Å². The molecule has 1 fully saturated rings. The van der Waals surface area contributed by atoms with Crippen molar-refractivity contribution in [1.29, 1.82) is 0 Å². The molecule has 1 aliphatic heterocycles. The highest BCUT2D eigenvalue weighted by atomic mass is 32.1. The second-order valence-electron chi connectivity index (χ2n) is 6.56. The lowest BCUT2D eigenvalue weighted by molar-refractivity contribution is 0.223. The van der Waals surface area contributed by atoms with E-state index in [9.17, 15) is 0 Å². The molecule has 0 saturated carbocycles. The Kier molecular flexibility index (Phi) is 5.66. The first-order valence-electron chi connectivity index (χ1n) is 6.76. The standard InChI is InChI=1S/C14H29NS/c1-12(7-10-16)5-8-15-9-6-13(11-15)14(2,3)4/h12-13,16H,5-11H2,1-4H3. The Morgan fingerprint density at radius 1 is 1.31 bits per heavy atom. The summed E-state index contributed by atoms with van der Waals surface area (Å²) in [6, 6.07) is 0. The molecule has 1 aliphatic rings. The molecule has 0 bridgehead atoms. The molecule has 0 aromatic rings. The highest BCUT2D eigenvalue weighted by Gasteiger charge is 2.31. The number of thiol groups is 1. The van der Waals surface area contributed by atoms with Crippen LogP contribution in [-0.2, 0) is 0 Å². The SMILES string of the molecule is CC(CCS)CCN1CCC(C(C)(C)C)C1. The predicted octanol–water partition coefficient (Wildman–Crippen LogP) is 3.70. The number of likely N-dealkylation sites (tertiary alicyclic amines) is 1. The third kappa shape index (κ3) is 4.67. The molecule has 0 spiro atoms. The molecule has 96 valence electrons. The Morgan fingerprint density at radius 2 is 2.00 bits per heavy atom. The van der Waals surface area contributed by atoms with Gasteiger partial charge >= 0.3 is 0 Å². The summed E-state index contributed by atoms with van der Waals surface area (Å²) in [6.07, 6.45) is 4.00. The first kappa shape index (κ1) is 14.4. The predicted molar refractivity (Wildman–Crippen MR) is 76.3 cm³/mol. The topological polar surface area (TPSA) is 3.24 Å². The molecule has 0 aromatic heterocycles. The van der Waals surface area contributed by atoms with Crippen LogP contribution >= 0.6 is 12.6 Å². The van der Waals surface area contributed by atoms with Crippen molar-refractivity contribution < 1.29 is 0 Å². The van der Waals surface area contributed by atoms with Gasteiger partial charge < -0.3 is 4.90 Å². The van der Waals surface area contributed by atoms with Gasteiger partial charge in [0.2, 0.25) is 0 Å². The van der Waals surface area contributed by atoms with Crippen molar-refractivity contribution in [1.82, 2.24) is 4.90 Å². The van der Waals surface area contributed by atoms with E-state index in [1.807, 2.05) is 0 Å². The van der Waals surface area contributed by atoms with Gasteiger partial charge in [0.1, 0.15) is 0 Å². The molecule has 0 aromatic carbocycles. The van der Waals surface area contributed by atoms with Gasteiger partial charge in [0.25, 0.3) is 0 Å². The summed E-state index contributed by atoms with van der Waals surface area (Å²) < 4.78 is 0. The molecular weight excluding hydrogens is 214 g/mol. The van der Waals surface area contributed by atoms with Crippen LogP contribution in [0.5, 0.6) is 0 Å². The van der Waals surface area contributed by atoms with Crippen molar-refractivity contribution >= 4 is 12.6 Å². The number of hydrogen-bond acceptors (Lipinski definition) is 2. The van der Waals surface area contributed by atoms with Crippen LogP contribution in [0.2, 0.25) is 0 Å². The zero-order chi connectivity index (χ0) is 12.2. The molecule has 1 saturated heterocycles. The fourth-order valence-electron chi connectivity index (χ4n) is 2.51. The van der Waals surface area contributed by atoms with E-state index in [0.717, 1.165) is 17.6 Å². The normalized spacial score (nSPS) is 24.9. The Morgan fingerprint density at radius 3 is 2.50 bits per heavy atom. The fourth-order valence-corrected chi connectivity index (χ4v) is 2.95. The maximum absolute atomic E-state index is 4.30. The molecule has 2 unspecified atom stereocenters. The molecule has 16 heavy (non-hydrogen) atoms. The summed E-state index contributed by atoms with van der Waals surface area (Å²) >= 11 is 4.30. The Balaban J connectivity index is 2.22. The summed E-state index contributed by atoms with van der Waals surface area (Å²) in [5, 5.41) is 0. The monoisotopic (exact) mass is 243 g/mol. The summed E-state index contributed by atoms with van der Waals surface area (Å²) in [4.78, 5) is 2.66. The fraction of sp³-hybridized carbons (Fsp3) is 1.00. The van der Waals surface area contributed by atoms with E-state index < -0.39 is 0 Å². The Bertz CT molecular complexity index is 197. The van der Waals surface area contributed by atoms with Crippen LogP contribution in [0.15, 0.2) is 0 Å². The van der Waals surface area contributed by atoms with Crippen molar-refractivity contribution in [2.24, 2.45) is 17.3 Å². The van der Waals surface area contributed by atoms with Gasteiger partial charge in [0.15, 0.2) is 0 Å². The van der Waals surface area contributed by atoms with Gasteiger partial charge in [-0.3, -0.25) is 0 Å². The van der Waals surface area contributed by atoms with E-state index in [1.165, 1.54) is 38.9 Å². The first-order valence-corrected chi connectivity index (χ1v) is 7.40. The zero-order valence-corrected chi connectivity index (χ0v) is 12.4. The Hall–Kier alpha value is 0.310. The van der Waals surface area contributed by atoms with Crippen molar-refractivity contribution in [3.8, 4) is 0 Å². The van der Waals surface area contributed by atoms with Crippen molar-refractivity contribution in [2.75, 3.05) is 25.4 Å². The second-order valence-corrected chi connectivity index (χ2v) is 7.01. The largest absolute Gasteiger partial charge is 0.303 e. The lowest BCUT2D eigenvalue weighted by Crippen LogP contribution is -2.27. The average molecular weight is 243 g/mol. The lowest BCUT2D eigenvalue weighted by Gasteiger charge is -2.27. The smallest absolute Gasteiger partial charge is 0.00151 e. The van der Waals surface area contributed by atoms with E-state index in [2.05, 4.69) is 45.2 Å². The van der Waals surface area contributed by atoms with E-state index in [0.29, 0.717) is 5.41 Å². The maximum atomic E-state index is 4.30. The van der Waals surface area contributed by atoms with E-state index >= 15 is 0 Å². The van der Waals surface area contributed by atoms with Crippen LogP contribution < -0.4 is 0 Å². The molecule has 0 aliphatic carbocycles. The third-order valence-electron chi connectivity index (χ3n) is 4.06. The van der Waals surface area contributed by atoms with Crippen molar-refractivity contribution in [3.05, 3.63) is 0 Å². The summed E-state index contributed by atoms with van der Waals surface area (Å²) in [7, 11) is 0. The number of hydrogen-bond donors (Lipinski definition) is 1. The quantitative estimate of drug-likeness (QED) is 0.721. The lowest BCUT2D eigenvalue weighted by atomic mass is 9.80. The van der Waals surface area contributed by atoms with Crippen LogP contribution in [0.3, 0.4) is 0 Å². The molecule has 0 N–H and O–H groups in total.